The third-order valence-corrected chi connectivity index (χ3v) is 3.83. The number of nitro groups is 1. The first kappa shape index (κ1) is 18.0. The molecule has 1 fully saturated rings. The summed E-state index contributed by atoms with van der Waals surface area (Å²) in [6.45, 7) is 8.26. The monoisotopic (exact) mass is 336 g/mol. The van der Waals surface area contributed by atoms with E-state index in [1.54, 1.807) is 6.07 Å². The van der Waals surface area contributed by atoms with Crippen LogP contribution in [0.2, 0.25) is 0 Å². The zero-order valence-electron chi connectivity index (χ0n) is 14.5. The van der Waals surface area contributed by atoms with Crippen LogP contribution in [0.5, 0.6) is 0 Å². The molecule has 2 atom stereocenters. The van der Waals surface area contributed by atoms with Crippen LogP contribution >= 0.6 is 0 Å². The van der Waals surface area contributed by atoms with Crippen LogP contribution < -0.4 is 10.2 Å². The molecule has 0 bridgehead atoms. The highest BCUT2D eigenvalue weighted by molar-refractivity contribution is 5.68. The quantitative estimate of drug-likeness (QED) is 0.673. The zero-order chi connectivity index (χ0) is 17.9. The Labute approximate surface area is 141 Å². The number of amides is 1. The second-order valence-electron chi connectivity index (χ2n) is 7.04. The summed E-state index contributed by atoms with van der Waals surface area (Å²) in [7, 11) is 0. The van der Waals surface area contributed by atoms with Crippen LogP contribution in [0, 0.1) is 10.1 Å². The number of rotatable bonds is 3. The maximum absolute atomic E-state index is 11.9. The topological polar surface area (TPSA) is 97.6 Å². The Morgan fingerprint density at radius 1 is 1.46 bits per heavy atom. The summed E-state index contributed by atoms with van der Waals surface area (Å²) in [4.78, 5) is 28.4. The fourth-order valence-electron chi connectivity index (χ4n) is 2.77. The fraction of sp³-hybridized carbons (Fsp3) is 0.625. The van der Waals surface area contributed by atoms with Gasteiger partial charge in [-0.05, 0) is 46.6 Å². The first-order chi connectivity index (χ1) is 11.2. The molecule has 1 aromatic heterocycles. The maximum atomic E-state index is 11.9. The van der Waals surface area contributed by atoms with Crippen molar-refractivity contribution in [3.63, 3.8) is 0 Å². The molecule has 2 unspecified atom stereocenters. The molecule has 1 N–H and O–H groups in total. The number of nitrogens with one attached hydrogen (secondary N) is 1. The smallest absolute Gasteiger partial charge is 0.407 e. The molecule has 2 rings (SSSR count). The van der Waals surface area contributed by atoms with E-state index in [0.717, 1.165) is 12.8 Å². The summed E-state index contributed by atoms with van der Waals surface area (Å²) < 4.78 is 5.28. The molecule has 132 valence electrons. The van der Waals surface area contributed by atoms with Gasteiger partial charge in [0.05, 0.1) is 4.92 Å². The normalized spacial score (nSPS) is 21.2. The van der Waals surface area contributed by atoms with Crippen molar-refractivity contribution in [2.24, 2.45) is 0 Å². The molecule has 0 spiro atoms. The van der Waals surface area contributed by atoms with Gasteiger partial charge in [0.2, 0.25) is 0 Å². The summed E-state index contributed by atoms with van der Waals surface area (Å²) in [5, 5.41) is 13.6. The lowest BCUT2D eigenvalue weighted by molar-refractivity contribution is -0.385. The predicted octanol–water partition coefficient (Wildman–Crippen LogP) is 2.87. The Balaban J connectivity index is 1.93. The van der Waals surface area contributed by atoms with E-state index in [1.807, 2.05) is 27.7 Å². The highest BCUT2D eigenvalue weighted by Gasteiger charge is 2.28. The minimum absolute atomic E-state index is 0.0205. The molecule has 2 heterocycles. The number of piperidine rings is 1. The number of carbonyl (C=O) groups is 1. The van der Waals surface area contributed by atoms with Gasteiger partial charge in [-0.1, -0.05) is 0 Å². The van der Waals surface area contributed by atoms with Crippen molar-refractivity contribution in [2.45, 2.75) is 58.2 Å². The van der Waals surface area contributed by atoms with Crippen LogP contribution in [0.15, 0.2) is 18.3 Å². The lowest BCUT2D eigenvalue weighted by Gasteiger charge is -2.38. The van der Waals surface area contributed by atoms with Crippen LogP contribution in [-0.2, 0) is 4.74 Å². The number of nitrogens with zero attached hydrogens (tertiary/aromatic N) is 3. The van der Waals surface area contributed by atoms with Gasteiger partial charge >= 0.3 is 6.09 Å². The average Bonchev–Trinajstić information content (AvgIpc) is 2.45. The summed E-state index contributed by atoms with van der Waals surface area (Å²) in [5.41, 5.74) is -0.535. The van der Waals surface area contributed by atoms with E-state index >= 15 is 0 Å². The second kappa shape index (κ2) is 7.02. The van der Waals surface area contributed by atoms with Gasteiger partial charge in [-0.15, -0.1) is 0 Å². The van der Waals surface area contributed by atoms with Crippen molar-refractivity contribution in [3.05, 3.63) is 28.4 Å². The largest absolute Gasteiger partial charge is 0.444 e. The van der Waals surface area contributed by atoms with Gasteiger partial charge in [-0.3, -0.25) is 10.1 Å². The lowest BCUT2D eigenvalue weighted by atomic mass is 9.98. The number of pyridine rings is 1. The minimum Gasteiger partial charge on any atom is -0.444 e. The zero-order valence-corrected chi connectivity index (χ0v) is 14.5. The number of aromatic nitrogens is 1. The molecule has 1 aliphatic rings. The molecule has 1 aromatic rings. The van der Waals surface area contributed by atoms with Gasteiger partial charge < -0.3 is 15.0 Å². The van der Waals surface area contributed by atoms with E-state index in [1.165, 1.54) is 12.3 Å². The van der Waals surface area contributed by atoms with Gasteiger partial charge in [0.1, 0.15) is 17.6 Å². The van der Waals surface area contributed by atoms with Crippen molar-refractivity contribution in [3.8, 4) is 0 Å². The number of ether oxygens (including phenoxy) is 1. The van der Waals surface area contributed by atoms with Crippen LogP contribution in [-0.4, -0.2) is 40.2 Å². The fourth-order valence-corrected chi connectivity index (χ4v) is 2.77. The van der Waals surface area contributed by atoms with E-state index in [0.29, 0.717) is 12.4 Å². The first-order valence-electron chi connectivity index (χ1n) is 8.02. The van der Waals surface area contributed by atoms with Gasteiger partial charge in [-0.2, -0.15) is 0 Å². The third kappa shape index (κ3) is 4.81. The van der Waals surface area contributed by atoms with E-state index in [2.05, 4.69) is 15.2 Å². The molecule has 1 aliphatic heterocycles. The summed E-state index contributed by atoms with van der Waals surface area (Å²) in [6, 6.07) is 3.33. The molecule has 8 nitrogen and oxygen atoms in total. The minimum atomic E-state index is -0.515. The van der Waals surface area contributed by atoms with Crippen LogP contribution in [0.25, 0.3) is 0 Å². The van der Waals surface area contributed by atoms with E-state index in [-0.39, 0.29) is 17.8 Å². The van der Waals surface area contributed by atoms with Gasteiger partial charge in [0, 0.05) is 24.7 Å². The Kier molecular flexibility index (Phi) is 5.26. The molecule has 8 heteroatoms. The molecule has 24 heavy (non-hydrogen) atoms. The lowest BCUT2D eigenvalue weighted by Crippen LogP contribution is -2.50. The van der Waals surface area contributed by atoms with Crippen molar-refractivity contribution in [1.82, 2.24) is 10.3 Å². The van der Waals surface area contributed by atoms with Crippen molar-refractivity contribution >= 4 is 17.6 Å². The molecule has 0 radical (unpaired) electrons. The maximum Gasteiger partial charge on any atom is 0.407 e. The molecule has 0 aliphatic carbocycles. The van der Waals surface area contributed by atoms with Crippen LogP contribution in [0.4, 0.5) is 16.3 Å². The first-order valence-corrected chi connectivity index (χ1v) is 8.02. The van der Waals surface area contributed by atoms with E-state index < -0.39 is 16.6 Å². The molecular formula is C16H24N4O4. The Bertz CT molecular complexity index is 597. The molecule has 1 saturated heterocycles. The molecule has 0 saturated carbocycles. The van der Waals surface area contributed by atoms with Crippen molar-refractivity contribution in [2.75, 3.05) is 11.4 Å². The Hall–Kier alpha value is -2.38. The second-order valence-corrected chi connectivity index (χ2v) is 7.04. The number of alkyl carbamates (subject to hydrolysis) is 1. The van der Waals surface area contributed by atoms with Gasteiger partial charge in [0.15, 0.2) is 0 Å². The standard InChI is InChI=1S/C16H24N4O4/c1-11-9-12(18-15(21)24-16(2,3)4)7-8-19(11)14-6-5-13(10-17-14)20(22)23/h5-6,10-12H,7-9H2,1-4H3,(H,18,21). The van der Waals surface area contributed by atoms with E-state index in [4.69, 9.17) is 4.74 Å². The summed E-state index contributed by atoms with van der Waals surface area (Å²) in [5.74, 6) is 0.712. The van der Waals surface area contributed by atoms with Crippen LogP contribution in [0.3, 0.4) is 0 Å². The predicted molar refractivity (Wildman–Crippen MR) is 90.1 cm³/mol. The van der Waals surface area contributed by atoms with Crippen molar-refractivity contribution in [1.29, 1.82) is 0 Å². The summed E-state index contributed by atoms with van der Waals surface area (Å²) in [6.07, 6.45) is 2.40. The Morgan fingerprint density at radius 3 is 2.67 bits per heavy atom. The molecular weight excluding hydrogens is 312 g/mol. The number of hydrogen-bond acceptors (Lipinski definition) is 6. The van der Waals surface area contributed by atoms with Gasteiger partial charge in [-0.25, -0.2) is 9.78 Å². The summed E-state index contributed by atoms with van der Waals surface area (Å²) >= 11 is 0. The number of anilines is 1. The number of carbonyl (C=O) groups excluding carboxylic acids is 1. The Morgan fingerprint density at radius 2 is 2.17 bits per heavy atom. The third-order valence-electron chi connectivity index (χ3n) is 3.83. The van der Waals surface area contributed by atoms with Crippen molar-refractivity contribution < 1.29 is 14.5 Å². The number of hydrogen-bond donors (Lipinski definition) is 1. The van der Waals surface area contributed by atoms with Crippen LogP contribution in [0.1, 0.15) is 40.5 Å². The SMILES string of the molecule is CC1CC(NC(=O)OC(C)(C)C)CCN1c1ccc([N+](=O)[O-])cn1. The molecule has 1 amide bonds. The van der Waals surface area contributed by atoms with E-state index in [9.17, 15) is 14.9 Å². The average molecular weight is 336 g/mol. The highest BCUT2D eigenvalue weighted by Crippen LogP contribution is 2.24. The molecule has 0 aromatic carbocycles. The highest BCUT2D eigenvalue weighted by atomic mass is 16.6. The van der Waals surface area contributed by atoms with Gasteiger partial charge in [0.25, 0.3) is 5.69 Å².